The molecule has 3 amide bonds. The summed E-state index contributed by atoms with van der Waals surface area (Å²) in [6, 6.07) is 11.8. The number of halogens is 1. The number of aryl methyl sites for hydroxylation is 1. The van der Waals surface area contributed by atoms with Crippen LogP contribution in [-0.4, -0.2) is 28.4 Å². The van der Waals surface area contributed by atoms with Crippen LogP contribution in [0.25, 0.3) is 0 Å². The molecule has 0 fully saturated rings. The van der Waals surface area contributed by atoms with Crippen molar-refractivity contribution in [3.05, 3.63) is 97.4 Å². The second-order valence-corrected chi connectivity index (χ2v) is 8.34. The first-order chi connectivity index (χ1) is 17.3. The lowest BCUT2D eigenvalue weighted by molar-refractivity contribution is -0.385. The Kier molecular flexibility index (Phi) is 7.11. The Morgan fingerprint density at radius 1 is 1.03 bits per heavy atom. The zero-order valence-electron chi connectivity index (χ0n) is 19.0. The van der Waals surface area contributed by atoms with Gasteiger partial charge in [0.2, 0.25) is 0 Å². The van der Waals surface area contributed by atoms with E-state index in [2.05, 4.69) is 21.4 Å². The second kappa shape index (κ2) is 10.4. The molecule has 0 unspecified atom stereocenters. The average Bonchev–Trinajstić information content (AvgIpc) is 3.22. The molecule has 12 heteroatoms. The predicted molar refractivity (Wildman–Crippen MR) is 130 cm³/mol. The molecule has 11 nitrogen and oxygen atoms in total. The maximum Gasteiger partial charge on any atom is 0.305 e. The van der Waals surface area contributed by atoms with Crippen molar-refractivity contribution in [2.24, 2.45) is 5.10 Å². The summed E-state index contributed by atoms with van der Waals surface area (Å²) in [6.07, 6.45) is 1.81. The number of hydrogen-bond donors (Lipinski definition) is 3. The predicted octanol–water partition coefficient (Wildman–Crippen LogP) is 3.69. The van der Waals surface area contributed by atoms with Gasteiger partial charge in [0, 0.05) is 34.2 Å². The molecular formula is C24H20ClN5O6. The van der Waals surface area contributed by atoms with Crippen LogP contribution in [0, 0.1) is 17.0 Å². The van der Waals surface area contributed by atoms with Crippen molar-refractivity contribution >= 4 is 40.7 Å². The minimum Gasteiger partial charge on any atom is -0.455 e. The number of hydrogen-bond acceptors (Lipinski definition) is 7. The second-order valence-electron chi connectivity index (χ2n) is 7.90. The van der Waals surface area contributed by atoms with Gasteiger partial charge in [0.1, 0.15) is 11.3 Å². The SMILES string of the molecule is Cc1c(C(=O)NNC(=O)c2ccccc2[N+](=O)[O-])oc2c1/C(=N/NC(=O)c1cccc(Cl)c1)CCC2. The fraction of sp³-hybridized carbons (Fsp3) is 0.167. The highest BCUT2D eigenvalue weighted by atomic mass is 35.5. The third-order valence-electron chi connectivity index (χ3n) is 5.55. The average molecular weight is 510 g/mol. The van der Waals surface area contributed by atoms with Gasteiger partial charge in [0.25, 0.3) is 17.5 Å². The van der Waals surface area contributed by atoms with E-state index in [4.69, 9.17) is 16.0 Å². The number of nitrogens with zero attached hydrogens (tertiary/aromatic N) is 2. The zero-order chi connectivity index (χ0) is 25.8. The standard InChI is InChI=1S/C24H20ClN5O6/c1-13-20-17(26-27-22(31)14-6-4-7-15(25)12-14)9-5-11-19(20)36-21(13)24(33)29-28-23(32)16-8-2-3-10-18(16)30(34)35/h2-4,6-8,10,12H,5,9,11H2,1H3,(H,27,31)(H,28,32)(H,29,33)/b26-17+. The lowest BCUT2D eigenvalue weighted by Gasteiger charge is -2.13. The number of benzene rings is 2. The molecular weight excluding hydrogens is 490 g/mol. The molecule has 1 aliphatic carbocycles. The molecule has 0 bridgehead atoms. The van der Waals surface area contributed by atoms with Crippen molar-refractivity contribution in [1.29, 1.82) is 0 Å². The van der Waals surface area contributed by atoms with E-state index in [0.29, 0.717) is 52.4 Å². The quantitative estimate of drug-likeness (QED) is 0.351. The molecule has 0 saturated heterocycles. The third kappa shape index (κ3) is 5.10. The minimum atomic E-state index is -0.851. The molecule has 4 rings (SSSR count). The molecule has 1 aliphatic rings. The van der Waals surface area contributed by atoms with Gasteiger partial charge in [-0.25, -0.2) is 5.43 Å². The molecule has 0 radical (unpaired) electrons. The Bertz CT molecular complexity index is 1410. The number of hydrazine groups is 1. The van der Waals surface area contributed by atoms with Crippen LogP contribution in [0.2, 0.25) is 5.02 Å². The van der Waals surface area contributed by atoms with Gasteiger partial charge in [-0.2, -0.15) is 5.10 Å². The van der Waals surface area contributed by atoms with E-state index < -0.39 is 28.3 Å². The Morgan fingerprint density at radius 3 is 2.53 bits per heavy atom. The maximum atomic E-state index is 12.8. The molecule has 2 aromatic carbocycles. The number of rotatable bonds is 5. The van der Waals surface area contributed by atoms with Gasteiger partial charge >= 0.3 is 5.91 Å². The van der Waals surface area contributed by atoms with E-state index in [1.165, 1.54) is 30.3 Å². The molecule has 1 aromatic heterocycles. The van der Waals surface area contributed by atoms with Gasteiger partial charge in [0.05, 0.1) is 10.6 Å². The number of fused-ring (bicyclic) bond motifs is 1. The topological polar surface area (TPSA) is 156 Å². The van der Waals surface area contributed by atoms with Gasteiger partial charge in [-0.3, -0.25) is 35.3 Å². The summed E-state index contributed by atoms with van der Waals surface area (Å²) in [4.78, 5) is 48.0. The van der Waals surface area contributed by atoms with Crippen LogP contribution in [0.1, 0.15) is 61.0 Å². The smallest absolute Gasteiger partial charge is 0.305 e. The number of furan rings is 1. The number of carbonyl (C=O) groups is 3. The normalized spacial score (nSPS) is 13.6. The van der Waals surface area contributed by atoms with Crippen molar-refractivity contribution in [3.63, 3.8) is 0 Å². The van der Waals surface area contributed by atoms with Gasteiger partial charge < -0.3 is 4.42 Å². The number of nitrogens with one attached hydrogen (secondary N) is 3. The van der Waals surface area contributed by atoms with Gasteiger partial charge in [-0.05, 0) is 44.0 Å². The van der Waals surface area contributed by atoms with Crippen LogP contribution in [0.15, 0.2) is 58.0 Å². The van der Waals surface area contributed by atoms with Crippen molar-refractivity contribution in [1.82, 2.24) is 16.3 Å². The Hall–Kier alpha value is -4.51. The lowest BCUT2D eigenvalue weighted by Crippen LogP contribution is -2.42. The van der Waals surface area contributed by atoms with Crippen molar-refractivity contribution in [3.8, 4) is 0 Å². The fourth-order valence-electron chi connectivity index (χ4n) is 3.87. The first kappa shape index (κ1) is 24.6. The summed E-state index contributed by atoms with van der Waals surface area (Å²) in [7, 11) is 0. The van der Waals surface area contributed by atoms with Crippen LogP contribution >= 0.6 is 11.6 Å². The van der Waals surface area contributed by atoms with Crippen molar-refractivity contribution < 1.29 is 23.7 Å². The summed E-state index contributed by atoms with van der Waals surface area (Å²) >= 11 is 5.94. The third-order valence-corrected chi connectivity index (χ3v) is 5.78. The minimum absolute atomic E-state index is 0.0429. The monoisotopic (exact) mass is 509 g/mol. The Balaban J connectivity index is 1.49. The molecule has 3 N–H and O–H groups in total. The number of nitro groups is 1. The van der Waals surface area contributed by atoms with E-state index >= 15 is 0 Å². The Morgan fingerprint density at radius 2 is 1.78 bits per heavy atom. The summed E-state index contributed by atoms with van der Waals surface area (Å²) in [5.74, 6) is -1.54. The van der Waals surface area contributed by atoms with Gasteiger partial charge in [-0.1, -0.05) is 29.8 Å². The highest BCUT2D eigenvalue weighted by molar-refractivity contribution is 6.31. The van der Waals surface area contributed by atoms with E-state index in [0.717, 1.165) is 0 Å². The van der Waals surface area contributed by atoms with Crippen LogP contribution in [0.3, 0.4) is 0 Å². The Labute approximate surface area is 209 Å². The summed E-state index contributed by atoms with van der Waals surface area (Å²) in [6.45, 7) is 1.67. The van der Waals surface area contributed by atoms with Crippen LogP contribution in [-0.2, 0) is 6.42 Å². The van der Waals surface area contributed by atoms with Crippen LogP contribution in [0.4, 0.5) is 5.69 Å². The number of para-hydroxylation sites is 1. The summed E-state index contributed by atoms with van der Waals surface area (Å²) < 4.78 is 5.75. The van der Waals surface area contributed by atoms with Crippen LogP contribution in [0.5, 0.6) is 0 Å². The van der Waals surface area contributed by atoms with Gasteiger partial charge in [-0.15, -0.1) is 0 Å². The molecule has 0 spiro atoms. The van der Waals surface area contributed by atoms with E-state index in [9.17, 15) is 24.5 Å². The first-order valence-electron chi connectivity index (χ1n) is 10.9. The number of hydrazone groups is 1. The lowest BCUT2D eigenvalue weighted by atomic mass is 9.93. The molecule has 36 heavy (non-hydrogen) atoms. The number of amides is 3. The summed E-state index contributed by atoms with van der Waals surface area (Å²) in [5, 5.41) is 15.8. The molecule has 0 aliphatic heterocycles. The largest absolute Gasteiger partial charge is 0.455 e. The highest BCUT2D eigenvalue weighted by Gasteiger charge is 2.29. The van der Waals surface area contributed by atoms with E-state index in [-0.39, 0.29) is 11.3 Å². The van der Waals surface area contributed by atoms with Crippen molar-refractivity contribution in [2.45, 2.75) is 26.2 Å². The number of nitro benzene ring substituents is 1. The molecule has 0 atom stereocenters. The van der Waals surface area contributed by atoms with Gasteiger partial charge in [0.15, 0.2) is 5.76 Å². The summed E-state index contributed by atoms with van der Waals surface area (Å²) in [5.41, 5.74) is 8.31. The fourth-order valence-corrected chi connectivity index (χ4v) is 4.06. The van der Waals surface area contributed by atoms with E-state index in [1.54, 1.807) is 25.1 Å². The highest BCUT2D eigenvalue weighted by Crippen LogP contribution is 2.30. The van der Waals surface area contributed by atoms with Crippen LogP contribution < -0.4 is 16.3 Å². The first-order valence-corrected chi connectivity index (χ1v) is 11.2. The molecule has 3 aromatic rings. The zero-order valence-corrected chi connectivity index (χ0v) is 19.7. The molecule has 184 valence electrons. The van der Waals surface area contributed by atoms with E-state index in [1.807, 2.05) is 0 Å². The van der Waals surface area contributed by atoms with Crippen molar-refractivity contribution in [2.75, 3.05) is 0 Å². The number of carbonyl (C=O) groups excluding carboxylic acids is 3. The maximum absolute atomic E-state index is 12.8. The molecule has 1 heterocycles. The molecule has 0 saturated carbocycles.